The molecule has 5 N–H and O–H groups in total. The summed E-state index contributed by atoms with van der Waals surface area (Å²) in [5.41, 5.74) is 2.03. The molecular weight excluding hydrogens is 524 g/mol. The third-order valence-electron chi connectivity index (χ3n) is 7.54. The summed E-state index contributed by atoms with van der Waals surface area (Å²) in [6.45, 7) is 5.42. The van der Waals surface area contributed by atoms with Gasteiger partial charge in [-0.2, -0.15) is 0 Å². The number of benzene rings is 1. The van der Waals surface area contributed by atoms with Crippen molar-refractivity contribution in [2.75, 3.05) is 49.5 Å². The number of aliphatic carboxylic acids is 1. The zero-order chi connectivity index (χ0) is 29.3. The third-order valence-corrected chi connectivity index (χ3v) is 7.54. The first-order chi connectivity index (χ1) is 20.0. The van der Waals surface area contributed by atoms with E-state index >= 15 is 0 Å². The first-order valence-corrected chi connectivity index (χ1v) is 15.3. The van der Waals surface area contributed by atoms with Crippen LogP contribution in [0, 0.1) is 5.92 Å². The molecule has 11 heteroatoms. The number of piperidine rings is 1. The fourth-order valence-corrected chi connectivity index (χ4v) is 5.07. The molecule has 1 fully saturated rings. The minimum atomic E-state index is -1.25. The van der Waals surface area contributed by atoms with Gasteiger partial charge in [-0.05, 0) is 43.9 Å². The molecule has 228 valence electrons. The Kier molecular flexibility index (Phi) is 14.1. The number of hydrogen-bond acceptors (Lipinski definition) is 8. The second kappa shape index (κ2) is 18.0. The van der Waals surface area contributed by atoms with Gasteiger partial charge in [0.1, 0.15) is 6.04 Å². The van der Waals surface area contributed by atoms with Crippen LogP contribution in [0.15, 0.2) is 29.3 Å². The van der Waals surface area contributed by atoms with Gasteiger partial charge in [0.2, 0.25) is 5.91 Å². The van der Waals surface area contributed by atoms with Gasteiger partial charge >= 0.3 is 12.1 Å². The summed E-state index contributed by atoms with van der Waals surface area (Å²) in [5, 5.41) is 21.2. The highest BCUT2D eigenvalue weighted by atomic mass is 16.5. The van der Waals surface area contributed by atoms with Crippen molar-refractivity contribution in [1.29, 1.82) is 0 Å². The summed E-state index contributed by atoms with van der Waals surface area (Å²) in [6, 6.07) is 6.89. The maximum Gasteiger partial charge on any atom is 0.407 e. The molecule has 2 aliphatic rings. The van der Waals surface area contributed by atoms with Gasteiger partial charge < -0.3 is 36.0 Å². The van der Waals surface area contributed by atoms with Gasteiger partial charge in [-0.15, -0.1) is 0 Å². The van der Waals surface area contributed by atoms with E-state index in [0.29, 0.717) is 25.9 Å². The molecule has 0 aromatic heterocycles. The van der Waals surface area contributed by atoms with Crippen molar-refractivity contribution in [3.8, 4) is 0 Å². The fraction of sp³-hybridized carbons (Fsp3) is 0.667. The Bertz CT molecular complexity index is 995. The molecule has 2 heterocycles. The van der Waals surface area contributed by atoms with Crippen LogP contribution < -0.4 is 26.2 Å². The number of nitrogens with zero attached hydrogens (tertiary/aromatic N) is 2. The molecule has 0 spiro atoms. The van der Waals surface area contributed by atoms with Crippen molar-refractivity contribution in [1.82, 2.24) is 16.0 Å². The number of guanidine groups is 1. The lowest BCUT2D eigenvalue weighted by molar-refractivity contribution is -0.139. The van der Waals surface area contributed by atoms with Crippen molar-refractivity contribution in [3.05, 3.63) is 24.3 Å². The monoisotopic (exact) mass is 572 g/mol. The first kappa shape index (κ1) is 32.0. The van der Waals surface area contributed by atoms with Gasteiger partial charge in [0.25, 0.3) is 0 Å². The number of carbonyl (C=O) groups is 3. The number of alkyl carbamates (subject to hydrolysis) is 1. The highest BCUT2D eigenvalue weighted by Gasteiger charge is 2.27. The Hall–Kier alpha value is -3.50. The van der Waals surface area contributed by atoms with E-state index in [1.165, 1.54) is 32.1 Å². The van der Waals surface area contributed by atoms with Crippen LogP contribution in [0.5, 0.6) is 0 Å². The second-order valence-electron chi connectivity index (χ2n) is 10.8. The number of rotatable bonds is 16. The number of carboxylic acid groups (broad SMARTS) is 1. The SMILES string of the molecule is CCCCCCCCCCOC(=O)NC(CNC(=O)C1CCN(c2cccc(NC3=NCCCN3)c2)CC1)C(=O)O. The Labute approximate surface area is 243 Å². The van der Waals surface area contributed by atoms with Crippen LogP contribution in [-0.2, 0) is 14.3 Å². The quantitative estimate of drug-likeness (QED) is 0.186. The van der Waals surface area contributed by atoms with Crippen LogP contribution in [0.3, 0.4) is 0 Å². The minimum absolute atomic E-state index is 0.188. The molecule has 0 saturated carbocycles. The number of aliphatic imine (C=N–C) groups is 1. The molecule has 41 heavy (non-hydrogen) atoms. The van der Waals surface area contributed by atoms with E-state index in [0.717, 1.165) is 56.1 Å². The summed E-state index contributed by atoms with van der Waals surface area (Å²) < 4.78 is 5.15. The van der Waals surface area contributed by atoms with Gasteiger partial charge in [0.15, 0.2) is 5.96 Å². The Morgan fingerprint density at radius 1 is 1.10 bits per heavy atom. The Morgan fingerprint density at radius 2 is 1.83 bits per heavy atom. The van der Waals surface area contributed by atoms with E-state index in [4.69, 9.17) is 4.74 Å². The van der Waals surface area contributed by atoms with Gasteiger partial charge in [0.05, 0.1) is 6.61 Å². The first-order valence-electron chi connectivity index (χ1n) is 15.3. The predicted octanol–water partition coefficient (Wildman–Crippen LogP) is 4.10. The topological polar surface area (TPSA) is 144 Å². The maximum absolute atomic E-state index is 12.8. The number of carboxylic acids is 1. The lowest BCUT2D eigenvalue weighted by Gasteiger charge is -2.33. The molecule has 1 unspecified atom stereocenters. The number of anilines is 2. The van der Waals surface area contributed by atoms with E-state index in [1.54, 1.807) is 0 Å². The summed E-state index contributed by atoms with van der Waals surface area (Å²) in [6.07, 6.45) is 10.6. The summed E-state index contributed by atoms with van der Waals surface area (Å²) >= 11 is 0. The van der Waals surface area contributed by atoms with Crippen molar-refractivity contribution in [2.45, 2.75) is 83.6 Å². The van der Waals surface area contributed by atoms with Crippen molar-refractivity contribution < 1.29 is 24.2 Å². The van der Waals surface area contributed by atoms with Crippen LogP contribution >= 0.6 is 0 Å². The van der Waals surface area contributed by atoms with Crippen molar-refractivity contribution in [3.63, 3.8) is 0 Å². The number of hydrogen-bond donors (Lipinski definition) is 5. The smallest absolute Gasteiger partial charge is 0.407 e. The van der Waals surface area contributed by atoms with Gasteiger partial charge in [-0.25, -0.2) is 9.59 Å². The lowest BCUT2D eigenvalue weighted by atomic mass is 9.95. The Balaban J connectivity index is 1.33. The summed E-state index contributed by atoms with van der Waals surface area (Å²) in [5.74, 6) is -0.833. The highest BCUT2D eigenvalue weighted by molar-refractivity contribution is 5.94. The van der Waals surface area contributed by atoms with Crippen LogP contribution in [0.2, 0.25) is 0 Å². The number of unbranched alkanes of at least 4 members (excludes halogenated alkanes) is 7. The van der Waals surface area contributed by atoms with E-state index in [1.807, 2.05) is 12.1 Å². The molecular formula is C30H48N6O5. The normalized spacial score (nSPS) is 16.2. The lowest BCUT2D eigenvalue weighted by Crippen LogP contribution is -2.50. The summed E-state index contributed by atoms with van der Waals surface area (Å²) in [7, 11) is 0. The third kappa shape index (κ3) is 11.9. The van der Waals surface area contributed by atoms with E-state index < -0.39 is 18.1 Å². The standard InChI is InChI=1S/C30H48N6O5/c1-2-3-4-5-6-7-8-9-20-41-30(40)35-26(28(38)39)22-33-27(37)23-14-18-36(19-15-23)25-13-10-12-24(21-25)34-29-31-16-11-17-32-29/h10,12-13,21,23,26H,2-9,11,14-20,22H2,1H3,(H,33,37)(H,35,40)(H,38,39)(H2,31,32,34). The highest BCUT2D eigenvalue weighted by Crippen LogP contribution is 2.26. The molecule has 3 rings (SSSR count). The molecule has 1 aromatic carbocycles. The average molecular weight is 573 g/mol. The predicted molar refractivity (Wildman–Crippen MR) is 161 cm³/mol. The molecule has 0 bridgehead atoms. The summed E-state index contributed by atoms with van der Waals surface area (Å²) in [4.78, 5) is 43.2. The van der Waals surface area contributed by atoms with Gasteiger partial charge in [-0.1, -0.05) is 57.9 Å². The van der Waals surface area contributed by atoms with Crippen molar-refractivity contribution in [2.24, 2.45) is 10.9 Å². The van der Waals surface area contributed by atoms with Crippen LogP contribution in [0.4, 0.5) is 16.2 Å². The van der Waals surface area contributed by atoms with Gasteiger partial charge in [0, 0.05) is 50.0 Å². The second-order valence-corrected chi connectivity index (χ2v) is 10.8. The number of ether oxygens (including phenoxy) is 1. The van der Waals surface area contributed by atoms with E-state index in [9.17, 15) is 19.5 Å². The van der Waals surface area contributed by atoms with E-state index in [-0.39, 0.29) is 25.0 Å². The van der Waals surface area contributed by atoms with Gasteiger partial charge in [-0.3, -0.25) is 9.79 Å². The largest absolute Gasteiger partial charge is 0.480 e. The number of amides is 2. The fourth-order valence-electron chi connectivity index (χ4n) is 5.07. The molecule has 1 saturated heterocycles. The molecule has 1 atom stereocenters. The molecule has 2 aliphatic heterocycles. The average Bonchev–Trinajstić information content (AvgIpc) is 2.99. The number of carbonyl (C=O) groups excluding carboxylic acids is 2. The van der Waals surface area contributed by atoms with Crippen molar-refractivity contribution >= 4 is 35.3 Å². The number of nitrogens with one attached hydrogen (secondary N) is 4. The zero-order valence-electron chi connectivity index (χ0n) is 24.5. The zero-order valence-corrected chi connectivity index (χ0v) is 24.5. The van der Waals surface area contributed by atoms with Crippen LogP contribution in [0.1, 0.15) is 77.6 Å². The minimum Gasteiger partial charge on any atom is -0.480 e. The van der Waals surface area contributed by atoms with Crippen LogP contribution in [0.25, 0.3) is 0 Å². The molecule has 0 aliphatic carbocycles. The molecule has 1 aromatic rings. The maximum atomic E-state index is 12.8. The van der Waals surface area contributed by atoms with E-state index in [2.05, 4.69) is 50.2 Å². The molecule has 2 amide bonds. The Morgan fingerprint density at radius 3 is 2.51 bits per heavy atom. The molecule has 0 radical (unpaired) electrons. The van der Waals surface area contributed by atoms with Crippen LogP contribution in [-0.4, -0.2) is 74.4 Å². The molecule has 11 nitrogen and oxygen atoms in total.